The number of ether oxygens (including phenoxy) is 3. The van der Waals surface area contributed by atoms with Gasteiger partial charge in [-0.25, -0.2) is 0 Å². The molecule has 0 aromatic rings. The SMILES string of the molecule is CCCOCCC(=O)NCC(OCC)OCC. The van der Waals surface area contributed by atoms with Crippen molar-refractivity contribution in [1.29, 1.82) is 0 Å². The second-order valence-electron chi connectivity index (χ2n) is 3.51. The van der Waals surface area contributed by atoms with E-state index in [4.69, 9.17) is 14.2 Å². The molecule has 0 fully saturated rings. The standard InChI is InChI=1S/C12H25NO4/c1-4-8-15-9-7-11(14)13-10-12(16-5-2)17-6-3/h12H,4-10H2,1-3H3,(H,13,14). The zero-order valence-corrected chi connectivity index (χ0v) is 11.2. The lowest BCUT2D eigenvalue weighted by atomic mass is 10.4. The molecule has 17 heavy (non-hydrogen) atoms. The average molecular weight is 247 g/mol. The molecule has 0 radical (unpaired) electrons. The van der Waals surface area contributed by atoms with Gasteiger partial charge in [-0.3, -0.25) is 4.79 Å². The van der Waals surface area contributed by atoms with Crippen LogP contribution in [0.3, 0.4) is 0 Å². The summed E-state index contributed by atoms with van der Waals surface area (Å²) in [5.41, 5.74) is 0. The van der Waals surface area contributed by atoms with Crippen molar-refractivity contribution >= 4 is 5.91 Å². The Morgan fingerprint density at radius 3 is 2.29 bits per heavy atom. The molecular formula is C12H25NO4. The quantitative estimate of drug-likeness (QED) is 0.442. The highest BCUT2D eigenvalue weighted by molar-refractivity contribution is 5.75. The number of amides is 1. The summed E-state index contributed by atoms with van der Waals surface area (Å²) in [5.74, 6) is -0.0366. The highest BCUT2D eigenvalue weighted by atomic mass is 16.7. The van der Waals surface area contributed by atoms with Crippen molar-refractivity contribution < 1.29 is 19.0 Å². The molecule has 5 nitrogen and oxygen atoms in total. The number of hydrogen-bond donors (Lipinski definition) is 1. The van der Waals surface area contributed by atoms with Crippen molar-refractivity contribution in [2.75, 3.05) is 33.0 Å². The third kappa shape index (κ3) is 10.2. The first kappa shape index (κ1) is 16.4. The van der Waals surface area contributed by atoms with Crippen LogP contribution in [0.4, 0.5) is 0 Å². The molecule has 0 saturated heterocycles. The zero-order chi connectivity index (χ0) is 12.9. The summed E-state index contributed by atoms with van der Waals surface area (Å²) in [4.78, 5) is 11.4. The highest BCUT2D eigenvalue weighted by Crippen LogP contribution is 1.94. The van der Waals surface area contributed by atoms with Gasteiger partial charge in [0.2, 0.25) is 5.91 Å². The largest absolute Gasteiger partial charge is 0.381 e. The highest BCUT2D eigenvalue weighted by Gasteiger charge is 2.09. The summed E-state index contributed by atoms with van der Waals surface area (Å²) >= 11 is 0. The van der Waals surface area contributed by atoms with E-state index < -0.39 is 0 Å². The van der Waals surface area contributed by atoms with Crippen molar-refractivity contribution in [3.63, 3.8) is 0 Å². The topological polar surface area (TPSA) is 56.8 Å². The van der Waals surface area contributed by atoms with Crippen LogP contribution in [0.15, 0.2) is 0 Å². The van der Waals surface area contributed by atoms with E-state index in [0.29, 0.717) is 39.4 Å². The van der Waals surface area contributed by atoms with Crippen molar-refractivity contribution in [2.24, 2.45) is 0 Å². The second kappa shape index (κ2) is 11.8. The van der Waals surface area contributed by atoms with Gasteiger partial charge in [-0.2, -0.15) is 0 Å². The molecule has 0 spiro atoms. The van der Waals surface area contributed by atoms with Crippen LogP contribution in [0.2, 0.25) is 0 Å². The van der Waals surface area contributed by atoms with Gasteiger partial charge < -0.3 is 19.5 Å². The van der Waals surface area contributed by atoms with E-state index in [0.717, 1.165) is 6.42 Å². The smallest absolute Gasteiger partial charge is 0.222 e. The van der Waals surface area contributed by atoms with Gasteiger partial charge in [0, 0.05) is 26.2 Å². The maximum absolute atomic E-state index is 11.4. The van der Waals surface area contributed by atoms with E-state index in [2.05, 4.69) is 5.32 Å². The molecule has 0 aromatic carbocycles. The Bertz CT molecular complexity index is 181. The lowest BCUT2D eigenvalue weighted by Gasteiger charge is -2.17. The maximum Gasteiger partial charge on any atom is 0.222 e. The van der Waals surface area contributed by atoms with Gasteiger partial charge in [0.25, 0.3) is 0 Å². The molecule has 0 aliphatic carbocycles. The Morgan fingerprint density at radius 1 is 1.12 bits per heavy atom. The first-order valence-corrected chi connectivity index (χ1v) is 6.32. The summed E-state index contributed by atoms with van der Waals surface area (Å²) in [6.45, 7) is 8.52. The van der Waals surface area contributed by atoms with Gasteiger partial charge in [0.15, 0.2) is 6.29 Å². The fourth-order valence-corrected chi connectivity index (χ4v) is 1.23. The van der Waals surface area contributed by atoms with E-state index >= 15 is 0 Å². The van der Waals surface area contributed by atoms with Crippen LogP contribution in [0.5, 0.6) is 0 Å². The molecule has 0 heterocycles. The van der Waals surface area contributed by atoms with E-state index in [1.54, 1.807) is 0 Å². The minimum absolute atomic E-state index is 0.0366. The molecule has 1 N–H and O–H groups in total. The number of carbonyl (C=O) groups is 1. The summed E-state index contributed by atoms with van der Waals surface area (Å²) in [7, 11) is 0. The maximum atomic E-state index is 11.4. The monoisotopic (exact) mass is 247 g/mol. The van der Waals surface area contributed by atoms with E-state index in [1.807, 2.05) is 20.8 Å². The molecule has 0 atom stereocenters. The Kier molecular flexibility index (Phi) is 11.4. The molecule has 0 saturated carbocycles. The van der Waals surface area contributed by atoms with E-state index in [1.165, 1.54) is 0 Å². The molecule has 0 aromatic heterocycles. The third-order valence-corrected chi connectivity index (χ3v) is 1.99. The fraction of sp³-hybridized carbons (Fsp3) is 0.917. The van der Waals surface area contributed by atoms with Crippen LogP contribution >= 0.6 is 0 Å². The molecule has 0 bridgehead atoms. The van der Waals surface area contributed by atoms with Gasteiger partial charge in [-0.15, -0.1) is 0 Å². The van der Waals surface area contributed by atoms with Gasteiger partial charge in [-0.05, 0) is 20.3 Å². The minimum Gasteiger partial charge on any atom is -0.381 e. The average Bonchev–Trinajstić information content (AvgIpc) is 2.32. The second-order valence-corrected chi connectivity index (χ2v) is 3.51. The minimum atomic E-state index is -0.356. The first-order chi connectivity index (χ1) is 8.24. The predicted octanol–water partition coefficient (Wildman–Crippen LogP) is 1.32. The van der Waals surface area contributed by atoms with Crippen LogP contribution < -0.4 is 5.32 Å². The fourth-order valence-electron chi connectivity index (χ4n) is 1.23. The van der Waals surface area contributed by atoms with Crippen LogP contribution in [0, 0.1) is 0 Å². The van der Waals surface area contributed by atoms with E-state index in [-0.39, 0.29) is 12.2 Å². The Morgan fingerprint density at radius 2 is 1.76 bits per heavy atom. The molecule has 0 rings (SSSR count). The van der Waals surface area contributed by atoms with Crippen LogP contribution in [-0.2, 0) is 19.0 Å². The zero-order valence-electron chi connectivity index (χ0n) is 11.2. The lowest BCUT2D eigenvalue weighted by molar-refractivity contribution is -0.140. The molecule has 0 aliphatic heterocycles. The third-order valence-electron chi connectivity index (χ3n) is 1.99. The van der Waals surface area contributed by atoms with Crippen molar-refractivity contribution in [3.8, 4) is 0 Å². The number of hydrogen-bond acceptors (Lipinski definition) is 4. The molecule has 102 valence electrons. The predicted molar refractivity (Wildman–Crippen MR) is 65.8 cm³/mol. The summed E-state index contributed by atoms with van der Waals surface area (Å²) in [5, 5.41) is 2.76. The lowest BCUT2D eigenvalue weighted by Crippen LogP contribution is -2.35. The number of carbonyl (C=O) groups excluding carboxylic acids is 1. The molecular weight excluding hydrogens is 222 g/mol. The Labute approximate surface area is 104 Å². The molecule has 1 amide bonds. The number of rotatable bonds is 11. The van der Waals surface area contributed by atoms with Crippen molar-refractivity contribution in [2.45, 2.75) is 39.9 Å². The normalized spacial score (nSPS) is 10.8. The van der Waals surface area contributed by atoms with Gasteiger partial charge in [0.1, 0.15) is 0 Å². The van der Waals surface area contributed by atoms with E-state index in [9.17, 15) is 4.79 Å². The summed E-state index contributed by atoms with van der Waals surface area (Å²) < 4.78 is 15.8. The Balaban J connectivity index is 3.57. The van der Waals surface area contributed by atoms with Crippen molar-refractivity contribution in [3.05, 3.63) is 0 Å². The Hall–Kier alpha value is -0.650. The van der Waals surface area contributed by atoms with Crippen LogP contribution in [-0.4, -0.2) is 45.2 Å². The van der Waals surface area contributed by atoms with Crippen LogP contribution in [0.1, 0.15) is 33.6 Å². The van der Waals surface area contributed by atoms with Gasteiger partial charge in [0.05, 0.1) is 13.2 Å². The summed E-state index contributed by atoms with van der Waals surface area (Å²) in [6, 6.07) is 0. The molecule has 5 heteroatoms. The number of nitrogens with one attached hydrogen (secondary N) is 1. The van der Waals surface area contributed by atoms with Crippen molar-refractivity contribution in [1.82, 2.24) is 5.32 Å². The van der Waals surface area contributed by atoms with Gasteiger partial charge >= 0.3 is 0 Å². The van der Waals surface area contributed by atoms with Gasteiger partial charge in [-0.1, -0.05) is 6.92 Å². The summed E-state index contributed by atoms with van der Waals surface area (Å²) in [6.07, 6.45) is 0.995. The van der Waals surface area contributed by atoms with Crippen LogP contribution in [0.25, 0.3) is 0 Å². The first-order valence-electron chi connectivity index (χ1n) is 6.32. The molecule has 0 unspecified atom stereocenters. The molecule has 0 aliphatic rings.